The molecule has 0 aromatic rings. The van der Waals surface area contributed by atoms with E-state index in [1.807, 2.05) is 0 Å². The Balaban J connectivity index is 1.98. The van der Waals surface area contributed by atoms with Crippen molar-refractivity contribution >= 4 is 0 Å². The van der Waals surface area contributed by atoms with E-state index >= 15 is 0 Å². The van der Waals surface area contributed by atoms with Crippen LogP contribution in [0.1, 0.15) is 52.4 Å². The molecule has 0 bridgehead atoms. The average Bonchev–Trinajstić information content (AvgIpc) is 2.78. The van der Waals surface area contributed by atoms with Gasteiger partial charge in [-0.1, -0.05) is 38.3 Å². The lowest BCUT2D eigenvalue weighted by Gasteiger charge is -2.46. The maximum Gasteiger partial charge on any atom is 0.0309 e. The Kier molecular flexibility index (Phi) is 4.63. The zero-order chi connectivity index (χ0) is 12.1. The molecule has 1 aliphatic carbocycles. The quantitative estimate of drug-likeness (QED) is 0.755. The van der Waals surface area contributed by atoms with Gasteiger partial charge in [0.05, 0.1) is 0 Å². The van der Waals surface area contributed by atoms with Crippen LogP contribution in [0.3, 0.4) is 0 Å². The third-order valence-corrected chi connectivity index (χ3v) is 4.49. The highest BCUT2D eigenvalue weighted by atomic mass is 15.3. The third kappa shape index (κ3) is 3.11. The van der Waals surface area contributed by atoms with Crippen molar-refractivity contribution in [3.8, 4) is 0 Å². The van der Waals surface area contributed by atoms with Gasteiger partial charge in [0.2, 0.25) is 0 Å². The fourth-order valence-corrected chi connectivity index (χ4v) is 3.50. The first kappa shape index (κ1) is 13.1. The molecule has 1 atom stereocenters. The van der Waals surface area contributed by atoms with E-state index in [4.69, 9.17) is 0 Å². The Morgan fingerprint density at radius 3 is 2.76 bits per heavy atom. The Bertz CT molecular complexity index is 254. The second kappa shape index (κ2) is 6.01. The Labute approximate surface area is 106 Å². The van der Waals surface area contributed by atoms with Crippen molar-refractivity contribution in [2.45, 2.75) is 64.0 Å². The van der Waals surface area contributed by atoms with E-state index in [-0.39, 0.29) is 0 Å². The summed E-state index contributed by atoms with van der Waals surface area (Å²) < 4.78 is 0. The fraction of sp³-hybridized carbons (Fsp3) is 0.867. The zero-order valence-corrected chi connectivity index (χ0v) is 11.5. The van der Waals surface area contributed by atoms with Crippen LogP contribution in [-0.4, -0.2) is 36.1 Å². The lowest BCUT2D eigenvalue weighted by Crippen LogP contribution is -2.63. The SMILES string of the molecule is C/C=C/CN1CC2(CCCC2)NCC1CCC. The molecule has 0 radical (unpaired) electrons. The van der Waals surface area contributed by atoms with Gasteiger partial charge in [0, 0.05) is 31.2 Å². The molecule has 0 aromatic carbocycles. The second-order valence-corrected chi connectivity index (χ2v) is 5.81. The first-order valence-electron chi connectivity index (χ1n) is 7.40. The molecule has 17 heavy (non-hydrogen) atoms. The molecule has 2 aliphatic rings. The van der Waals surface area contributed by atoms with Crippen LogP contribution in [0.4, 0.5) is 0 Å². The predicted molar refractivity (Wildman–Crippen MR) is 74.3 cm³/mol. The first-order chi connectivity index (χ1) is 8.29. The summed E-state index contributed by atoms with van der Waals surface area (Å²) in [6.07, 6.45) is 12.7. The molecule has 2 heteroatoms. The molecule has 1 aliphatic heterocycles. The summed E-state index contributed by atoms with van der Waals surface area (Å²) in [4.78, 5) is 2.71. The molecule has 98 valence electrons. The number of nitrogens with one attached hydrogen (secondary N) is 1. The maximum atomic E-state index is 3.87. The van der Waals surface area contributed by atoms with Crippen LogP contribution in [0, 0.1) is 0 Å². The molecule has 1 saturated heterocycles. The van der Waals surface area contributed by atoms with Gasteiger partial charge in [0.25, 0.3) is 0 Å². The average molecular weight is 236 g/mol. The van der Waals surface area contributed by atoms with Crippen LogP contribution < -0.4 is 5.32 Å². The monoisotopic (exact) mass is 236 g/mol. The maximum absolute atomic E-state index is 3.87. The van der Waals surface area contributed by atoms with E-state index in [1.54, 1.807) is 0 Å². The summed E-state index contributed by atoms with van der Waals surface area (Å²) in [7, 11) is 0. The van der Waals surface area contributed by atoms with Gasteiger partial charge in [-0.3, -0.25) is 4.90 Å². The van der Waals surface area contributed by atoms with Gasteiger partial charge < -0.3 is 5.32 Å². The molecule has 0 aromatic heterocycles. The Hall–Kier alpha value is -0.340. The minimum atomic E-state index is 0.464. The van der Waals surface area contributed by atoms with Crippen LogP contribution in [0.15, 0.2) is 12.2 Å². The number of allylic oxidation sites excluding steroid dienone is 1. The topological polar surface area (TPSA) is 15.3 Å². The van der Waals surface area contributed by atoms with Crippen LogP contribution in [0.25, 0.3) is 0 Å². The van der Waals surface area contributed by atoms with Gasteiger partial charge in [-0.2, -0.15) is 0 Å². The predicted octanol–water partition coefficient (Wildman–Crippen LogP) is 2.95. The molecule has 1 saturated carbocycles. The lowest BCUT2D eigenvalue weighted by atomic mass is 9.91. The van der Waals surface area contributed by atoms with Gasteiger partial charge in [-0.05, 0) is 26.2 Å². The van der Waals surface area contributed by atoms with Crippen molar-refractivity contribution in [2.24, 2.45) is 0 Å². The third-order valence-electron chi connectivity index (χ3n) is 4.49. The summed E-state index contributed by atoms with van der Waals surface area (Å²) >= 11 is 0. The van der Waals surface area contributed by atoms with Crippen molar-refractivity contribution in [2.75, 3.05) is 19.6 Å². The standard InChI is InChI=1S/C15H28N2/c1-3-5-11-17-13-15(9-6-7-10-15)16-12-14(17)8-4-2/h3,5,14,16H,4,6-13H2,1-2H3/b5-3+. The van der Waals surface area contributed by atoms with E-state index in [2.05, 4.69) is 36.2 Å². The van der Waals surface area contributed by atoms with Crippen LogP contribution >= 0.6 is 0 Å². The van der Waals surface area contributed by atoms with E-state index in [9.17, 15) is 0 Å². The minimum absolute atomic E-state index is 0.464. The number of rotatable bonds is 4. The number of piperazine rings is 1. The van der Waals surface area contributed by atoms with E-state index in [1.165, 1.54) is 51.6 Å². The summed E-state index contributed by atoms with van der Waals surface area (Å²) in [6.45, 7) is 8.04. The summed E-state index contributed by atoms with van der Waals surface area (Å²) in [5.41, 5.74) is 0.464. The van der Waals surface area contributed by atoms with E-state index in [0.29, 0.717) is 5.54 Å². The molecule has 1 heterocycles. The van der Waals surface area contributed by atoms with Gasteiger partial charge in [0.1, 0.15) is 0 Å². The van der Waals surface area contributed by atoms with E-state index in [0.717, 1.165) is 12.6 Å². The molecule has 1 spiro atoms. The van der Waals surface area contributed by atoms with Gasteiger partial charge >= 0.3 is 0 Å². The first-order valence-corrected chi connectivity index (χ1v) is 7.40. The lowest BCUT2D eigenvalue weighted by molar-refractivity contribution is 0.0862. The van der Waals surface area contributed by atoms with Gasteiger partial charge in [-0.15, -0.1) is 0 Å². The Morgan fingerprint density at radius 2 is 2.12 bits per heavy atom. The van der Waals surface area contributed by atoms with E-state index < -0.39 is 0 Å². The van der Waals surface area contributed by atoms with Gasteiger partial charge in [0.15, 0.2) is 0 Å². The molecule has 2 rings (SSSR count). The van der Waals surface area contributed by atoms with Crippen molar-refractivity contribution in [1.29, 1.82) is 0 Å². The fourth-order valence-electron chi connectivity index (χ4n) is 3.50. The van der Waals surface area contributed by atoms with Crippen LogP contribution in [0.5, 0.6) is 0 Å². The van der Waals surface area contributed by atoms with Gasteiger partial charge in [-0.25, -0.2) is 0 Å². The normalized spacial score (nSPS) is 29.4. The summed E-state index contributed by atoms with van der Waals surface area (Å²) in [5, 5.41) is 3.87. The van der Waals surface area contributed by atoms with Crippen molar-refractivity contribution in [3.63, 3.8) is 0 Å². The number of hydrogen-bond acceptors (Lipinski definition) is 2. The molecule has 1 unspecified atom stereocenters. The van der Waals surface area contributed by atoms with Crippen molar-refractivity contribution in [1.82, 2.24) is 10.2 Å². The molecule has 0 amide bonds. The highest BCUT2D eigenvalue weighted by Gasteiger charge is 2.40. The molecule has 1 N–H and O–H groups in total. The number of nitrogens with zero attached hydrogens (tertiary/aromatic N) is 1. The summed E-state index contributed by atoms with van der Waals surface area (Å²) in [6, 6.07) is 0.752. The largest absolute Gasteiger partial charge is 0.308 e. The Morgan fingerprint density at radius 1 is 1.35 bits per heavy atom. The number of hydrogen-bond donors (Lipinski definition) is 1. The zero-order valence-electron chi connectivity index (χ0n) is 11.5. The van der Waals surface area contributed by atoms with Crippen LogP contribution in [-0.2, 0) is 0 Å². The summed E-state index contributed by atoms with van der Waals surface area (Å²) in [5.74, 6) is 0. The highest BCUT2D eigenvalue weighted by molar-refractivity contribution is 5.02. The molecule has 2 nitrogen and oxygen atoms in total. The molecular formula is C15H28N2. The smallest absolute Gasteiger partial charge is 0.0309 e. The van der Waals surface area contributed by atoms with Crippen molar-refractivity contribution in [3.05, 3.63) is 12.2 Å². The van der Waals surface area contributed by atoms with Crippen LogP contribution in [0.2, 0.25) is 0 Å². The minimum Gasteiger partial charge on any atom is -0.308 e. The second-order valence-electron chi connectivity index (χ2n) is 5.81. The molecule has 2 fully saturated rings. The highest BCUT2D eigenvalue weighted by Crippen LogP contribution is 2.33. The van der Waals surface area contributed by atoms with Crippen molar-refractivity contribution < 1.29 is 0 Å². The molecular weight excluding hydrogens is 208 g/mol.